The van der Waals surface area contributed by atoms with Crippen LogP contribution in [-0.4, -0.2) is 49.6 Å². The molecule has 1 fully saturated rings. The number of morpholine rings is 1. The van der Waals surface area contributed by atoms with E-state index in [0.29, 0.717) is 55.5 Å². The summed E-state index contributed by atoms with van der Waals surface area (Å²) in [7, 11) is 0. The number of amides is 2. The molecule has 26 heavy (non-hydrogen) atoms. The maximum absolute atomic E-state index is 12.8. The number of para-hydroxylation sites is 2. The first-order valence-corrected chi connectivity index (χ1v) is 8.70. The fourth-order valence-corrected chi connectivity index (χ4v) is 2.84. The Labute approximate surface area is 152 Å². The van der Waals surface area contributed by atoms with Crippen LogP contribution in [0.1, 0.15) is 27.6 Å². The van der Waals surface area contributed by atoms with Crippen LogP contribution in [0.2, 0.25) is 0 Å². The number of benzene rings is 2. The van der Waals surface area contributed by atoms with E-state index in [1.54, 1.807) is 47.4 Å². The van der Waals surface area contributed by atoms with Crippen LogP contribution in [0.5, 0.6) is 5.75 Å². The van der Waals surface area contributed by atoms with Crippen molar-refractivity contribution in [3.8, 4) is 5.75 Å². The molecule has 1 aliphatic rings. The molecular weight excluding hydrogens is 332 g/mol. The summed E-state index contributed by atoms with van der Waals surface area (Å²) in [6.45, 7) is 4.49. The molecule has 1 aliphatic heterocycles. The summed E-state index contributed by atoms with van der Waals surface area (Å²) < 4.78 is 10.8. The van der Waals surface area contributed by atoms with Gasteiger partial charge in [0.2, 0.25) is 0 Å². The predicted octanol–water partition coefficient (Wildman–Crippen LogP) is 2.81. The summed E-state index contributed by atoms with van der Waals surface area (Å²) in [5.74, 6) is 0.100. The van der Waals surface area contributed by atoms with E-state index < -0.39 is 0 Å². The van der Waals surface area contributed by atoms with E-state index in [2.05, 4.69) is 5.32 Å². The highest BCUT2D eigenvalue weighted by atomic mass is 16.5. The lowest BCUT2D eigenvalue weighted by Gasteiger charge is -2.27. The van der Waals surface area contributed by atoms with Crippen LogP contribution in [0.25, 0.3) is 0 Å². The molecule has 136 valence electrons. The lowest BCUT2D eigenvalue weighted by atomic mass is 10.1. The summed E-state index contributed by atoms with van der Waals surface area (Å²) >= 11 is 0. The fraction of sp³-hybridized carbons (Fsp3) is 0.300. The van der Waals surface area contributed by atoms with E-state index in [9.17, 15) is 9.59 Å². The highest BCUT2D eigenvalue weighted by Gasteiger charge is 2.22. The van der Waals surface area contributed by atoms with Gasteiger partial charge in [-0.05, 0) is 31.2 Å². The molecule has 3 rings (SSSR count). The highest BCUT2D eigenvalue weighted by molar-refractivity contribution is 6.10. The van der Waals surface area contributed by atoms with E-state index in [1.165, 1.54) is 0 Å². The molecule has 1 N–H and O–H groups in total. The van der Waals surface area contributed by atoms with Gasteiger partial charge in [-0.15, -0.1) is 0 Å². The monoisotopic (exact) mass is 354 g/mol. The molecule has 0 aromatic heterocycles. The fourth-order valence-electron chi connectivity index (χ4n) is 2.84. The van der Waals surface area contributed by atoms with Gasteiger partial charge in [0.15, 0.2) is 0 Å². The number of rotatable bonds is 5. The van der Waals surface area contributed by atoms with Crippen molar-refractivity contribution in [2.45, 2.75) is 6.92 Å². The second kappa shape index (κ2) is 8.49. The van der Waals surface area contributed by atoms with Crippen molar-refractivity contribution in [1.82, 2.24) is 4.90 Å². The van der Waals surface area contributed by atoms with Gasteiger partial charge in [0.25, 0.3) is 11.8 Å². The normalized spacial score (nSPS) is 14.0. The van der Waals surface area contributed by atoms with Crippen molar-refractivity contribution in [1.29, 1.82) is 0 Å². The van der Waals surface area contributed by atoms with Gasteiger partial charge in [0.1, 0.15) is 5.75 Å². The van der Waals surface area contributed by atoms with Crippen LogP contribution in [0, 0.1) is 0 Å². The van der Waals surface area contributed by atoms with Gasteiger partial charge in [-0.1, -0.05) is 24.3 Å². The Morgan fingerprint density at radius 2 is 1.69 bits per heavy atom. The second-order valence-electron chi connectivity index (χ2n) is 5.83. The van der Waals surface area contributed by atoms with Crippen molar-refractivity contribution in [3.05, 3.63) is 59.7 Å². The Hall–Kier alpha value is -2.86. The van der Waals surface area contributed by atoms with Crippen LogP contribution >= 0.6 is 0 Å². The third-order valence-electron chi connectivity index (χ3n) is 4.14. The molecule has 0 saturated carbocycles. The SMILES string of the molecule is CCOc1ccccc1C(=O)Nc1ccccc1C(=O)N1CCOCC1. The molecule has 0 unspecified atom stereocenters. The number of nitrogens with one attached hydrogen (secondary N) is 1. The van der Waals surface area contributed by atoms with Crippen molar-refractivity contribution in [3.63, 3.8) is 0 Å². The average Bonchev–Trinajstić information content (AvgIpc) is 2.69. The van der Waals surface area contributed by atoms with E-state index >= 15 is 0 Å². The molecule has 2 amide bonds. The molecule has 0 spiro atoms. The van der Waals surface area contributed by atoms with Crippen molar-refractivity contribution in [2.24, 2.45) is 0 Å². The van der Waals surface area contributed by atoms with E-state index in [4.69, 9.17) is 9.47 Å². The van der Waals surface area contributed by atoms with Gasteiger partial charge in [-0.2, -0.15) is 0 Å². The summed E-state index contributed by atoms with van der Waals surface area (Å²) in [6, 6.07) is 14.1. The Morgan fingerprint density at radius 3 is 2.42 bits per heavy atom. The number of hydrogen-bond acceptors (Lipinski definition) is 4. The maximum Gasteiger partial charge on any atom is 0.259 e. The highest BCUT2D eigenvalue weighted by Crippen LogP contribution is 2.22. The van der Waals surface area contributed by atoms with Crippen LogP contribution in [0.15, 0.2) is 48.5 Å². The van der Waals surface area contributed by atoms with Gasteiger partial charge < -0.3 is 19.7 Å². The Bertz CT molecular complexity index is 785. The molecule has 6 nitrogen and oxygen atoms in total. The molecule has 2 aromatic carbocycles. The topological polar surface area (TPSA) is 67.9 Å². The van der Waals surface area contributed by atoms with E-state index in [1.807, 2.05) is 13.0 Å². The lowest BCUT2D eigenvalue weighted by Crippen LogP contribution is -2.41. The summed E-state index contributed by atoms with van der Waals surface area (Å²) in [5, 5.41) is 2.85. The van der Waals surface area contributed by atoms with Gasteiger partial charge >= 0.3 is 0 Å². The lowest BCUT2D eigenvalue weighted by molar-refractivity contribution is 0.0303. The van der Waals surface area contributed by atoms with E-state index in [-0.39, 0.29) is 11.8 Å². The molecule has 0 atom stereocenters. The Kier molecular flexibility index (Phi) is 5.86. The minimum Gasteiger partial charge on any atom is -0.493 e. The summed E-state index contributed by atoms with van der Waals surface area (Å²) in [6.07, 6.45) is 0. The zero-order valence-electron chi connectivity index (χ0n) is 14.7. The molecule has 0 radical (unpaired) electrons. The number of carbonyl (C=O) groups excluding carboxylic acids is 2. The van der Waals surface area contributed by atoms with Crippen molar-refractivity contribution < 1.29 is 19.1 Å². The summed E-state index contributed by atoms with van der Waals surface area (Å²) in [5.41, 5.74) is 1.39. The third-order valence-corrected chi connectivity index (χ3v) is 4.14. The molecule has 6 heteroatoms. The largest absolute Gasteiger partial charge is 0.493 e. The van der Waals surface area contributed by atoms with Crippen LogP contribution < -0.4 is 10.1 Å². The Balaban J connectivity index is 1.82. The first-order chi connectivity index (χ1) is 12.7. The van der Waals surface area contributed by atoms with Gasteiger partial charge in [0.05, 0.1) is 36.6 Å². The first kappa shape index (κ1) is 17.9. The predicted molar refractivity (Wildman–Crippen MR) is 98.7 cm³/mol. The van der Waals surface area contributed by atoms with Crippen molar-refractivity contribution >= 4 is 17.5 Å². The second-order valence-corrected chi connectivity index (χ2v) is 5.83. The quantitative estimate of drug-likeness (QED) is 0.897. The van der Waals surface area contributed by atoms with Crippen LogP contribution in [0.4, 0.5) is 5.69 Å². The van der Waals surface area contributed by atoms with E-state index in [0.717, 1.165) is 0 Å². The minimum absolute atomic E-state index is 0.109. The summed E-state index contributed by atoms with van der Waals surface area (Å²) in [4.78, 5) is 27.3. The van der Waals surface area contributed by atoms with Crippen LogP contribution in [-0.2, 0) is 4.74 Å². The minimum atomic E-state index is -0.309. The Morgan fingerprint density at radius 1 is 1.04 bits per heavy atom. The molecule has 2 aromatic rings. The zero-order valence-corrected chi connectivity index (χ0v) is 14.7. The first-order valence-electron chi connectivity index (χ1n) is 8.70. The van der Waals surface area contributed by atoms with Gasteiger partial charge in [-0.3, -0.25) is 9.59 Å². The van der Waals surface area contributed by atoms with Crippen LogP contribution in [0.3, 0.4) is 0 Å². The number of nitrogens with zero attached hydrogens (tertiary/aromatic N) is 1. The van der Waals surface area contributed by atoms with Gasteiger partial charge in [-0.25, -0.2) is 0 Å². The molecular formula is C20H22N2O4. The standard InChI is InChI=1S/C20H22N2O4/c1-2-26-18-10-6-4-8-16(18)19(23)21-17-9-5-3-7-15(17)20(24)22-11-13-25-14-12-22/h3-10H,2,11-14H2,1H3,(H,21,23). The number of anilines is 1. The third kappa shape index (κ3) is 4.03. The zero-order chi connectivity index (χ0) is 18.4. The molecule has 1 heterocycles. The number of ether oxygens (including phenoxy) is 2. The number of hydrogen-bond donors (Lipinski definition) is 1. The number of carbonyl (C=O) groups is 2. The maximum atomic E-state index is 12.8. The van der Waals surface area contributed by atoms with Crippen molar-refractivity contribution in [2.75, 3.05) is 38.2 Å². The average molecular weight is 354 g/mol. The molecule has 1 saturated heterocycles. The van der Waals surface area contributed by atoms with Gasteiger partial charge in [0, 0.05) is 13.1 Å². The smallest absolute Gasteiger partial charge is 0.259 e. The molecule has 0 aliphatic carbocycles. The molecule has 0 bridgehead atoms.